The van der Waals surface area contributed by atoms with E-state index in [2.05, 4.69) is 184 Å². The molecule has 0 atom stereocenters. The van der Waals surface area contributed by atoms with Gasteiger partial charge in [-0.25, -0.2) is 0 Å². The summed E-state index contributed by atoms with van der Waals surface area (Å²) in [5.41, 5.74) is 8.30. The highest BCUT2D eigenvalue weighted by Gasteiger charge is 2.67. The molecule has 2 heteroatoms. The first-order valence-corrected chi connectivity index (χ1v) is 19.9. The van der Waals surface area contributed by atoms with Crippen molar-refractivity contribution in [3.05, 3.63) is 144 Å². The standard InChI is InChI=1S/C40H47Si2/c1-38(2,3)42(39(4,5)6,40(7,8)9)41-36(32-26-18-12-19-27-32)34(30-22-14-10-15-23-30)35(31-24-16-11-17-25-31)37(41)33-28-20-13-21-29-33/h10-29H,1-9H3. The SMILES string of the molecule is CC(C)(C)[Si]([Si]1C(c2ccccc2)=C(c2ccccc2)C(c2ccccc2)=C1c1ccccc1)(C(C)(C)C)C(C)(C)C. The molecule has 4 aromatic carbocycles. The van der Waals surface area contributed by atoms with Crippen molar-refractivity contribution in [1.82, 2.24) is 0 Å². The maximum atomic E-state index is 2.57. The van der Waals surface area contributed by atoms with Crippen molar-refractivity contribution >= 4 is 37.4 Å². The van der Waals surface area contributed by atoms with E-state index in [0.29, 0.717) is 0 Å². The topological polar surface area (TPSA) is 0 Å². The Kier molecular flexibility index (Phi) is 8.02. The fourth-order valence-corrected chi connectivity index (χ4v) is 31.6. The van der Waals surface area contributed by atoms with Crippen molar-refractivity contribution in [3.8, 4) is 0 Å². The first-order valence-electron chi connectivity index (χ1n) is 15.4. The molecule has 0 nitrogen and oxygen atoms in total. The quantitative estimate of drug-likeness (QED) is 0.205. The molecule has 0 saturated heterocycles. The van der Waals surface area contributed by atoms with Crippen LogP contribution < -0.4 is 0 Å². The Hall–Kier alpha value is -3.21. The van der Waals surface area contributed by atoms with E-state index in [9.17, 15) is 0 Å². The molecule has 215 valence electrons. The molecular weight excluding hydrogens is 537 g/mol. The molecule has 0 fully saturated rings. The van der Waals surface area contributed by atoms with Crippen molar-refractivity contribution in [2.75, 3.05) is 0 Å². The molecule has 0 saturated carbocycles. The molecular formula is C40H47Si2. The van der Waals surface area contributed by atoms with Gasteiger partial charge >= 0.3 is 0 Å². The number of hydrogen-bond donors (Lipinski definition) is 0. The zero-order valence-electron chi connectivity index (χ0n) is 27.0. The van der Waals surface area contributed by atoms with Gasteiger partial charge in [-0.1, -0.05) is 184 Å². The van der Waals surface area contributed by atoms with Crippen LogP contribution in [0.15, 0.2) is 121 Å². The van der Waals surface area contributed by atoms with Crippen LogP contribution in [-0.2, 0) is 0 Å². The van der Waals surface area contributed by atoms with Gasteiger partial charge in [0.1, 0.15) is 8.31 Å². The van der Waals surface area contributed by atoms with Gasteiger partial charge < -0.3 is 0 Å². The Morgan fingerprint density at radius 3 is 0.833 bits per heavy atom. The normalized spacial score (nSPS) is 15.5. The maximum absolute atomic E-state index is 2.57. The van der Waals surface area contributed by atoms with Crippen LogP contribution in [-0.4, -0.2) is 15.9 Å². The summed E-state index contributed by atoms with van der Waals surface area (Å²) in [5.74, 6) is 0. The van der Waals surface area contributed by atoms with E-state index in [0.717, 1.165) is 0 Å². The summed E-state index contributed by atoms with van der Waals surface area (Å²) in [6.45, 7) is 23.1. The predicted molar refractivity (Wildman–Crippen MR) is 190 cm³/mol. The highest BCUT2D eigenvalue weighted by molar-refractivity contribution is 7.49. The summed E-state index contributed by atoms with van der Waals surface area (Å²) < 4.78 is 0. The van der Waals surface area contributed by atoms with Gasteiger partial charge in [0.05, 0.1) is 7.59 Å². The van der Waals surface area contributed by atoms with Gasteiger partial charge in [0.15, 0.2) is 0 Å². The lowest BCUT2D eigenvalue weighted by atomic mass is 9.89. The van der Waals surface area contributed by atoms with Crippen molar-refractivity contribution in [3.63, 3.8) is 0 Å². The van der Waals surface area contributed by atoms with E-state index in [1.54, 1.807) is 10.4 Å². The lowest BCUT2D eigenvalue weighted by molar-refractivity contribution is 0.555. The summed E-state index contributed by atoms with van der Waals surface area (Å²) in [6.07, 6.45) is 0. The van der Waals surface area contributed by atoms with Crippen LogP contribution in [0.2, 0.25) is 15.1 Å². The molecule has 1 aliphatic rings. The Bertz CT molecular complexity index is 1440. The summed E-state index contributed by atoms with van der Waals surface area (Å²) in [4.78, 5) is 0. The van der Waals surface area contributed by atoms with Gasteiger partial charge in [-0.05, 0) is 58.9 Å². The minimum Gasteiger partial charge on any atom is -0.0627 e. The lowest BCUT2D eigenvalue weighted by Crippen LogP contribution is -2.69. The lowest BCUT2D eigenvalue weighted by Gasteiger charge is -2.63. The van der Waals surface area contributed by atoms with Crippen LogP contribution in [0.5, 0.6) is 0 Å². The Morgan fingerprint density at radius 1 is 0.357 bits per heavy atom. The predicted octanol–water partition coefficient (Wildman–Crippen LogP) is 11.7. The van der Waals surface area contributed by atoms with Crippen molar-refractivity contribution in [2.45, 2.75) is 77.4 Å². The van der Waals surface area contributed by atoms with Crippen molar-refractivity contribution in [2.24, 2.45) is 0 Å². The van der Waals surface area contributed by atoms with E-state index in [-0.39, 0.29) is 15.1 Å². The van der Waals surface area contributed by atoms with Gasteiger partial charge in [-0.2, -0.15) is 0 Å². The minimum absolute atomic E-state index is 0.145. The third-order valence-electron chi connectivity index (χ3n) is 9.25. The molecule has 1 heterocycles. The molecule has 5 rings (SSSR count). The van der Waals surface area contributed by atoms with Crippen LogP contribution in [0.3, 0.4) is 0 Å². The second-order valence-corrected chi connectivity index (χ2v) is 26.3. The Morgan fingerprint density at radius 2 is 0.595 bits per heavy atom. The average molecular weight is 584 g/mol. The highest BCUT2D eigenvalue weighted by Crippen LogP contribution is 2.68. The molecule has 0 spiro atoms. The zero-order valence-corrected chi connectivity index (χ0v) is 29.0. The minimum atomic E-state index is -2.32. The monoisotopic (exact) mass is 583 g/mol. The van der Waals surface area contributed by atoms with E-state index in [4.69, 9.17) is 0 Å². The summed E-state index contributed by atoms with van der Waals surface area (Å²) in [5, 5.41) is 3.65. The van der Waals surface area contributed by atoms with Crippen molar-refractivity contribution < 1.29 is 0 Å². The third kappa shape index (κ3) is 4.93. The van der Waals surface area contributed by atoms with Crippen molar-refractivity contribution in [1.29, 1.82) is 0 Å². The summed E-state index contributed by atoms with van der Waals surface area (Å²) >= 11 is 0. The van der Waals surface area contributed by atoms with Crippen LogP contribution in [0.25, 0.3) is 21.5 Å². The molecule has 0 N–H and O–H groups in total. The van der Waals surface area contributed by atoms with Crippen LogP contribution in [0, 0.1) is 0 Å². The number of rotatable bonds is 5. The molecule has 1 radical (unpaired) electrons. The summed E-state index contributed by atoms with van der Waals surface area (Å²) in [6, 6.07) is 45.3. The zero-order chi connectivity index (χ0) is 30.3. The van der Waals surface area contributed by atoms with Gasteiger partial charge in [0, 0.05) is 0 Å². The van der Waals surface area contributed by atoms with Crippen LogP contribution in [0.1, 0.15) is 84.6 Å². The Balaban J connectivity index is 2.10. The molecule has 0 aliphatic carbocycles. The number of hydrogen-bond acceptors (Lipinski definition) is 0. The molecule has 0 unspecified atom stereocenters. The average Bonchev–Trinajstić information content (AvgIpc) is 3.28. The second-order valence-electron chi connectivity index (χ2n) is 14.8. The number of allylic oxidation sites excluding steroid dienone is 2. The molecule has 0 bridgehead atoms. The highest BCUT2D eigenvalue weighted by atomic mass is 29.2. The fourth-order valence-electron chi connectivity index (χ4n) is 9.07. The van der Waals surface area contributed by atoms with E-state index in [1.165, 1.54) is 33.4 Å². The van der Waals surface area contributed by atoms with Crippen LogP contribution >= 0.6 is 0 Å². The Labute approximate surface area is 257 Å². The molecule has 0 aromatic heterocycles. The smallest absolute Gasteiger partial charge is 0.0627 e. The second kappa shape index (κ2) is 11.1. The maximum Gasteiger partial charge on any atom is 0.117 e. The molecule has 1 aliphatic heterocycles. The first-order chi connectivity index (χ1) is 19.8. The molecule has 42 heavy (non-hydrogen) atoms. The summed E-state index contributed by atoms with van der Waals surface area (Å²) in [7, 11) is -3.68. The number of benzene rings is 4. The van der Waals surface area contributed by atoms with E-state index >= 15 is 0 Å². The fraction of sp³-hybridized carbons (Fsp3) is 0.300. The first kappa shape index (κ1) is 30.3. The van der Waals surface area contributed by atoms with Gasteiger partial charge in [-0.15, -0.1) is 0 Å². The largest absolute Gasteiger partial charge is 0.117 e. The van der Waals surface area contributed by atoms with Gasteiger partial charge in [-0.3, -0.25) is 0 Å². The van der Waals surface area contributed by atoms with Crippen LogP contribution in [0.4, 0.5) is 0 Å². The van der Waals surface area contributed by atoms with Gasteiger partial charge in [0.2, 0.25) is 0 Å². The molecule has 4 aromatic rings. The third-order valence-corrected chi connectivity index (χ3v) is 29.3. The van der Waals surface area contributed by atoms with E-state index in [1.807, 2.05) is 0 Å². The van der Waals surface area contributed by atoms with Gasteiger partial charge in [0.25, 0.3) is 0 Å². The van der Waals surface area contributed by atoms with E-state index < -0.39 is 15.9 Å². The molecule has 0 amide bonds.